The number of nitrogens with one attached hydrogen (secondary N) is 2. The van der Waals surface area contributed by atoms with E-state index in [-0.39, 0.29) is 11.9 Å². The first-order chi connectivity index (χ1) is 9.10. The van der Waals surface area contributed by atoms with Crippen LogP contribution in [-0.2, 0) is 6.42 Å². The van der Waals surface area contributed by atoms with Gasteiger partial charge in [0.1, 0.15) is 5.82 Å². The predicted molar refractivity (Wildman–Crippen MR) is 81.4 cm³/mol. The maximum atomic E-state index is 12.1. The highest BCUT2D eigenvalue weighted by molar-refractivity contribution is 7.99. The lowest BCUT2D eigenvalue weighted by atomic mass is 10.1. The highest BCUT2D eigenvalue weighted by atomic mass is 32.2. The third-order valence-electron chi connectivity index (χ3n) is 2.60. The fourth-order valence-electron chi connectivity index (χ4n) is 1.62. The van der Waals surface area contributed by atoms with Crippen LogP contribution < -0.4 is 16.6 Å². The molecule has 1 heterocycles. The standard InChI is InChI=1S/C13H22N4OS/c1-4-11-6-10(7-12(16-11)17-14)13(18)15-9(3)8-19-5-2/h6-7,9H,4-5,8,14H2,1-3H3,(H,15,18)(H,16,17). The Morgan fingerprint density at radius 1 is 1.47 bits per heavy atom. The second-order valence-corrected chi connectivity index (χ2v) is 5.58. The summed E-state index contributed by atoms with van der Waals surface area (Å²) in [6, 6.07) is 3.61. The van der Waals surface area contributed by atoms with E-state index in [0.29, 0.717) is 11.4 Å². The van der Waals surface area contributed by atoms with Gasteiger partial charge in [0.05, 0.1) is 0 Å². The molecular weight excluding hydrogens is 260 g/mol. The number of carbonyl (C=O) groups excluding carboxylic acids is 1. The maximum Gasteiger partial charge on any atom is 0.251 e. The largest absolute Gasteiger partial charge is 0.349 e. The molecule has 0 aliphatic heterocycles. The monoisotopic (exact) mass is 282 g/mol. The van der Waals surface area contributed by atoms with Crippen LogP contribution in [0.3, 0.4) is 0 Å². The molecule has 0 aliphatic rings. The lowest BCUT2D eigenvalue weighted by Crippen LogP contribution is -2.34. The van der Waals surface area contributed by atoms with Crippen LogP contribution >= 0.6 is 11.8 Å². The molecule has 0 spiro atoms. The number of thioether (sulfide) groups is 1. The predicted octanol–water partition coefficient (Wildman–Crippen LogP) is 1.80. The van der Waals surface area contributed by atoms with Gasteiger partial charge in [0.2, 0.25) is 0 Å². The highest BCUT2D eigenvalue weighted by Crippen LogP contribution is 2.11. The Morgan fingerprint density at radius 2 is 2.21 bits per heavy atom. The van der Waals surface area contributed by atoms with Crippen molar-refractivity contribution < 1.29 is 4.79 Å². The van der Waals surface area contributed by atoms with Crippen LogP contribution in [0, 0.1) is 0 Å². The van der Waals surface area contributed by atoms with E-state index in [1.54, 1.807) is 12.1 Å². The fraction of sp³-hybridized carbons (Fsp3) is 0.538. The van der Waals surface area contributed by atoms with Crippen molar-refractivity contribution in [3.05, 3.63) is 23.4 Å². The van der Waals surface area contributed by atoms with Crippen LogP contribution in [-0.4, -0.2) is 28.4 Å². The molecule has 1 amide bonds. The molecule has 106 valence electrons. The van der Waals surface area contributed by atoms with Gasteiger partial charge in [-0.3, -0.25) is 4.79 Å². The minimum Gasteiger partial charge on any atom is -0.349 e. The summed E-state index contributed by atoms with van der Waals surface area (Å²) in [6.45, 7) is 6.10. The SMILES string of the molecule is CCSCC(C)NC(=O)c1cc(CC)nc(NN)c1. The van der Waals surface area contributed by atoms with Crippen LogP contribution in [0.25, 0.3) is 0 Å². The zero-order valence-corrected chi connectivity index (χ0v) is 12.5. The summed E-state index contributed by atoms with van der Waals surface area (Å²) < 4.78 is 0. The summed E-state index contributed by atoms with van der Waals surface area (Å²) in [5, 5.41) is 2.98. The second-order valence-electron chi connectivity index (χ2n) is 4.26. The topological polar surface area (TPSA) is 80.0 Å². The average molecular weight is 282 g/mol. The van der Waals surface area contributed by atoms with Crippen molar-refractivity contribution in [1.82, 2.24) is 10.3 Å². The van der Waals surface area contributed by atoms with Crippen molar-refractivity contribution in [2.75, 3.05) is 16.9 Å². The normalized spacial score (nSPS) is 12.0. The smallest absolute Gasteiger partial charge is 0.251 e. The molecule has 19 heavy (non-hydrogen) atoms. The Bertz CT molecular complexity index is 403. The van der Waals surface area contributed by atoms with Crippen molar-refractivity contribution in [3.8, 4) is 0 Å². The van der Waals surface area contributed by atoms with Gasteiger partial charge in [-0.15, -0.1) is 0 Å². The Kier molecular flexibility index (Phi) is 6.66. The molecule has 1 unspecified atom stereocenters. The van der Waals surface area contributed by atoms with E-state index in [4.69, 9.17) is 5.84 Å². The number of nitrogens with two attached hydrogens (primary N) is 1. The van der Waals surface area contributed by atoms with Gasteiger partial charge < -0.3 is 10.7 Å². The number of rotatable bonds is 7. The number of aromatic nitrogens is 1. The first-order valence-corrected chi connectivity index (χ1v) is 7.62. The fourth-order valence-corrected chi connectivity index (χ4v) is 2.29. The van der Waals surface area contributed by atoms with E-state index in [9.17, 15) is 4.79 Å². The highest BCUT2D eigenvalue weighted by Gasteiger charge is 2.12. The molecule has 5 nitrogen and oxygen atoms in total. The number of carbonyl (C=O) groups is 1. The number of hydrazine groups is 1. The lowest BCUT2D eigenvalue weighted by molar-refractivity contribution is 0.0943. The van der Waals surface area contributed by atoms with Gasteiger partial charge in [-0.25, -0.2) is 10.8 Å². The molecule has 0 saturated heterocycles. The number of hydrogen-bond acceptors (Lipinski definition) is 5. The van der Waals surface area contributed by atoms with Crippen molar-refractivity contribution in [2.24, 2.45) is 5.84 Å². The Morgan fingerprint density at radius 3 is 2.79 bits per heavy atom. The first-order valence-electron chi connectivity index (χ1n) is 6.46. The Hall–Kier alpha value is -1.27. The summed E-state index contributed by atoms with van der Waals surface area (Å²) in [6.07, 6.45) is 0.761. The average Bonchev–Trinajstić information content (AvgIpc) is 2.44. The molecule has 0 fully saturated rings. The van der Waals surface area contributed by atoms with Crippen molar-refractivity contribution >= 4 is 23.5 Å². The molecule has 1 aromatic rings. The van der Waals surface area contributed by atoms with Crippen molar-refractivity contribution in [1.29, 1.82) is 0 Å². The van der Waals surface area contributed by atoms with E-state index in [2.05, 4.69) is 22.7 Å². The number of nitrogens with zero attached hydrogens (tertiary/aromatic N) is 1. The van der Waals surface area contributed by atoms with Gasteiger partial charge in [-0.1, -0.05) is 13.8 Å². The van der Waals surface area contributed by atoms with Crippen molar-refractivity contribution in [3.63, 3.8) is 0 Å². The van der Waals surface area contributed by atoms with E-state index in [0.717, 1.165) is 23.6 Å². The van der Waals surface area contributed by atoms with Gasteiger partial charge in [0, 0.05) is 23.1 Å². The molecule has 0 radical (unpaired) electrons. The summed E-state index contributed by atoms with van der Waals surface area (Å²) in [4.78, 5) is 16.4. The van der Waals surface area contributed by atoms with Crippen LogP contribution in [0.5, 0.6) is 0 Å². The zero-order valence-electron chi connectivity index (χ0n) is 11.7. The van der Waals surface area contributed by atoms with Crippen LogP contribution in [0.2, 0.25) is 0 Å². The quantitative estimate of drug-likeness (QED) is 0.525. The summed E-state index contributed by atoms with van der Waals surface area (Å²) in [7, 11) is 0. The molecule has 0 bridgehead atoms. The Labute approximate surface area is 118 Å². The number of nitrogen functional groups attached to an aromatic ring is 1. The maximum absolute atomic E-state index is 12.1. The summed E-state index contributed by atoms with van der Waals surface area (Å²) in [5.41, 5.74) is 3.92. The number of amides is 1. The van der Waals surface area contributed by atoms with Crippen LogP contribution in [0.1, 0.15) is 36.8 Å². The van der Waals surface area contributed by atoms with Crippen LogP contribution in [0.15, 0.2) is 12.1 Å². The van der Waals surface area contributed by atoms with Gasteiger partial charge in [0.25, 0.3) is 5.91 Å². The lowest BCUT2D eigenvalue weighted by Gasteiger charge is -2.14. The van der Waals surface area contributed by atoms with Gasteiger partial charge >= 0.3 is 0 Å². The number of anilines is 1. The summed E-state index contributed by atoms with van der Waals surface area (Å²) >= 11 is 1.81. The molecule has 1 atom stereocenters. The van der Waals surface area contributed by atoms with E-state index < -0.39 is 0 Å². The number of hydrogen-bond donors (Lipinski definition) is 3. The second kappa shape index (κ2) is 8.01. The molecule has 0 aromatic carbocycles. The number of pyridine rings is 1. The zero-order chi connectivity index (χ0) is 14.3. The third-order valence-corrected chi connectivity index (χ3v) is 3.74. The van der Waals surface area contributed by atoms with E-state index >= 15 is 0 Å². The summed E-state index contributed by atoms with van der Waals surface area (Å²) in [5.74, 6) is 7.76. The van der Waals surface area contributed by atoms with Crippen LogP contribution in [0.4, 0.5) is 5.82 Å². The molecule has 4 N–H and O–H groups in total. The first kappa shape index (κ1) is 15.8. The van der Waals surface area contributed by atoms with Crippen molar-refractivity contribution in [2.45, 2.75) is 33.2 Å². The number of aryl methyl sites for hydroxylation is 1. The third kappa shape index (κ3) is 5.08. The molecule has 0 aliphatic carbocycles. The molecule has 6 heteroatoms. The molecule has 0 saturated carbocycles. The van der Waals surface area contributed by atoms with Gasteiger partial charge in [-0.2, -0.15) is 11.8 Å². The van der Waals surface area contributed by atoms with E-state index in [1.807, 2.05) is 25.6 Å². The molecular formula is C13H22N4OS. The minimum absolute atomic E-state index is 0.0854. The molecule has 1 rings (SSSR count). The van der Waals surface area contributed by atoms with Gasteiger partial charge in [0.15, 0.2) is 0 Å². The molecule has 1 aromatic heterocycles. The minimum atomic E-state index is -0.0854. The van der Waals surface area contributed by atoms with Gasteiger partial charge in [-0.05, 0) is 31.2 Å². The van der Waals surface area contributed by atoms with E-state index in [1.165, 1.54) is 0 Å². The Balaban J connectivity index is 2.75.